The summed E-state index contributed by atoms with van der Waals surface area (Å²) in [5.74, 6) is 1.78. The van der Waals surface area contributed by atoms with Crippen LogP contribution in [0.5, 0.6) is 5.75 Å². The van der Waals surface area contributed by atoms with Crippen LogP contribution in [0.4, 0.5) is 0 Å². The lowest BCUT2D eigenvalue weighted by Crippen LogP contribution is -2.19. The third-order valence-corrected chi connectivity index (χ3v) is 3.17. The van der Waals surface area contributed by atoms with Crippen LogP contribution >= 0.6 is 0 Å². The van der Waals surface area contributed by atoms with Crippen molar-refractivity contribution in [3.05, 3.63) is 29.8 Å². The Kier molecular flexibility index (Phi) is 3.28. The van der Waals surface area contributed by atoms with Gasteiger partial charge in [0.2, 0.25) is 0 Å². The molecule has 1 aliphatic heterocycles. The van der Waals surface area contributed by atoms with Crippen LogP contribution in [0, 0.1) is 5.92 Å². The SMILES string of the molecule is CC(C)C(=O)CC1CCOc2ccccc21. The number of ketones is 1. The maximum absolute atomic E-state index is 11.8. The highest BCUT2D eigenvalue weighted by atomic mass is 16.5. The molecule has 0 bridgehead atoms. The second kappa shape index (κ2) is 4.69. The van der Waals surface area contributed by atoms with Crippen molar-refractivity contribution >= 4 is 5.78 Å². The number of Topliss-reactive ketones (excluding diaryl/α,β-unsaturated/α-hetero) is 1. The second-order valence-electron chi connectivity index (χ2n) is 4.70. The summed E-state index contributed by atoms with van der Waals surface area (Å²) >= 11 is 0. The Balaban J connectivity index is 2.16. The quantitative estimate of drug-likeness (QED) is 0.779. The van der Waals surface area contributed by atoms with Crippen LogP contribution < -0.4 is 4.74 Å². The summed E-state index contributed by atoms with van der Waals surface area (Å²) in [5, 5.41) is 0. The Morgan fingerprint density at radius 2 is 2.19 bits per heavy atom. The van der Waals surface area contributed by atoms with Crippen molar-refractivity contribution in [1.82, 2.24) is 0 Å². The van der Waals surface area contributed by atoms with Gasteiger partial charge in [-0.1, -0.05) is 32.0 Å². The van der Waals surface area contributed by atoms with E-state index in [2.05, 4.69) is 6.07 Å². The van der Waals surface area contributed by atoms with Gasteiger partial charge in [0.15, 0.2) is 0 Å². The van der Waals surface area contributed by atoms with E-state index >= 15 is 0 Å². The summed E-state index contributed by atoms with van der Waals surface area (Å²) in [4.78, 5) is 11.8. The number of carbonyl (C=O) groups excluding carboxylic acids is 1. The maximum atomic E-state index is 11.8. The van der Waals surface area contributed by atoms with E-state index < -0.39 is 0 Å². The maximum Gasteiger partial charge on any atom is 0.136 e. The van der Waals surface area contributed by atoms with Crippen LogP contribution in [0.15, 0.2) is 24.3 Å². The minimum atomic E-state index is 0.134. The highest BCUT2D eigenvalue weighted by molar-refractivity contribution is 5.81. The van der Waals surface area contributed by atoms with E-state index in [-0.39, 0.29) is 5.92 Å². The number of rotatable bonds is 3. The predicted molar refractivity (Wildman–Crippen MR) is 63.8 cm³/mol. The molecule has 0 N–H and O–H groups in total. The number of hydrogen-bond donors (Lipinski definition) is 0. The van der Waals surface area contributed by atoms with Crippen LogP contribution in [-0.4, -0.2) is 12.4 Å². The zero-order valence-corrected chi connectivity index (χ0v) is 9.90. The van der Waals surface area contributed by atoms with Gasteiger partial charge in [-0.05, 0) is 24.0 Å². The highest BCUT2D eigenvalue weighted by Crippen LogP contribution is 2.35. The molecule has 0 saturated carbocycles. The molecule has 0 spiro atoms. The molecule has 0 radical (unpaired) electrons. The van der Waals surface area contributed by atoms with Gasteiger partial charge >= 0.3 is 0 Å². The molecule has 0 aliphatic carbocycles. The fourth-order valence-electron chi connectivity index (χ4n) is 2.11. The fourth-order valence-corrected chi connectivity index (χ4v) is 2.11. The van der Waals surface area contributed by atoms with E-state index in [4.69, 9.17) is 4.74 Å². The highest BCUT2D eigenvalue weighted by Gasteiger charge is 2.24. The van der Waals surface area contributed by atoms with Crippen molar-refractivity contribution in [2.75, 3.05) is 6.61 Å². The molecular formula is C14H18O2. The van der Waals surface area contributed by atoms with Crippen LogP contribution in [0.2, 0.25) is 0 Å². The zero-order chi connectivity index (χ0) is 11.5. The fraction of sp³-hybridized carbons (Fsp3) is 0.500. The monoisotopic (exact) mass is 218 g/mol. The van der Waals surface area contributed by atoms with Crippen LogP contribution in [-0.2, 0) is 4.79 Å². The first kappa shape index (κ1) is 11.2. The minimum Gasteiger partial charge on any atom is -0.493 e. The number of carbonyl (C=O) groups is 1. The number of para-hydroxylation sites is 1. The number of benzene rings is 1. The molecule has 1 aromatic rings. The van der Waals surface area contributed by atoms with E-state index in [0.717, 1.165) is 18.8 Å². The molecule has 2 heteroatoms. The van der Waals surface area contributed by atoms with Crippen molar-refractivity contribution in [2.45, 2.75) is 32.6 Å². The molecule has 0 amide bonds. The van der Waals surface area contributed by atoms with Gasteiger partial charge < -0.3 is 4.74 Å². The van der Waals surface area contributed by atoms with Crippen molar-refractivity contribution < 1.29 is 9.53 Å². The summed E-state index contributed by atoms with van der Waals surface area (Å²) in [5.41, 5.74) is 1.20. The summed E-state index contributed by atoms with van der Waals surface area (Å²) in [6, 6.07) is 8.06. The van der Waals surface area contributed by atoms with Gasteiger partial charge in [0.1, 0.15) is 11.5 Å². The first-order valence-corrected chi connectivity index (χ1v) is 5.93. The van der Waals surface area contributed by atoms with E-state index in [1.54, 1.807) is 0 Å². The van der Waals surface area contributed by atoms with Crippen LogP contribution in [0.3, 0.4) is 0 Å². The third kappa shape index (κ3) is 2.26. The first-order chi connectivity index (χ1) is 7.68. The molecule has 0 aromatic heterocycles. The molecule has 0 fully saturated rings. The summed E-state index contributed by atoms with van der Waals surface area (Å²) in [7, 11) is 0. The topological polar surface area (TPSA) is 26.3 Å². The third-order valence-electron chi connectivity index (χ3n) is 3.17. The summed E-state index contributed by atoms with van der Waals surface area (Å²) in [6.07, 6.45) is 1.60. The molecule has 1 atom stereocenters. The zero-order valence-electron chi connectivity index (χ0n) is 9.90. The van der Waals surface area contributed by atoms with Crippen molar-refractivity contribution in [3.63, 3.8) is 0 Å². The lowest BCUT2D eigenvalue weighted by Gasteiger charge is -2.25. The second-order valence-corrected chi connectivity index (χ2v) is 4.70. The minimum absolute atomic E-state index is 0.134. The van der Waals surface area contributed by atoms with Gasteiger partial charge in [0.05, 0.1) is 6.61 Å². The average Bonchev–Trinajstić information content (AvgIpc) is 2.29. The molecule has 1 aromatic carbocycles. The Hall–Kier alpha value is -1.31. The van der Waals surface area contributed by atoms with Gasteiger partial charge in [0, 0.05) is 12.3 Å². The normalized spacial score (nSPS) is 19.1. The van der Waals surface area contributed by atoms with E-state index in [1.807, 2.05) is 32.0 Å². The Morgan fingerprint density at radius 1 is 1.44 bits per heavy atom. The predicted octanol–water partition coefficient (Wildman–Crippen LogP) is 3.17. The lowest BCUT2D eigenvalue weighted by atomic mass is 9.86. The van der Waals surface area contributed by atoms with Crippen LogP contribution in [0.25, 0.3) is 0 Å². The van der Waals surface area contributed by atoms with E-state index in [1.165, 1.54) is 5.56 Å². The number of ether oxygens (including phenoxy) is 1. The number of fused-ring (bicyclic) bond motifs is 1. The van der Waals surface area contributed by atoms with Crippen LogP contribution in [0.1, 0.15) is 38.2 Å². The molecule has 2 nitrogen and oxygen atoms in total. The van der Waals surface area contributed by atoms with Gasteiger partial charge in [-0.15, -0.1) is 0 Å². The average molecular weight is 218 g/mol. The summed E-state index contributed by atoms with van der Waals surface area (Å²) < 4.78 is 5.58. The van der Waals surface area contributed by atoms with Crippen molar-refractivity contribution in [1.29, 1.82) is 0 Å². The van der Waals surface area contributed by atoms with Crippen molar-refractivity contribution in [3.8, 4) is 5.75 Å². The molecule has 1 unspecified atom stereocenters. The molecular weight excluding hydrogens is 200 g/mol. The Labute approximate surface area is 96.6 Å². The van der Waals surface area contributed by atoms with E-state index in [9.17, 15) is 4.79 Å². The molecule has 1 aliphatic rings. The van der Waals surface area contributed by atoms with Gasteiger partial charge in [0.25, 0.3) is 0 Å². The molecule has 0 saturated heterocycles. The largest absolute Gasteiger partial charge is 0.493 e. The number of hydrogen-bond acceptors (Lipinski definition) is 2. The Bertz CT molecular complexity index is 382. The summed E-state index contributed by atoms with van der Waals surface area (Å²) in [6.45, 7) is 4.66. The van der Waals surface area contributed by atoms with Gasteiger partial charge in [-0.25, -0.2) is 0 Å². The molecule has 1 heterocycles. The molecule has 86 valence electrons. The lowest BCUT2D eigenvalue weighted by molar-refractivity contribution is -0.122. The van der Waals surface area contributed by atoms with Gasteiger partial charge in [-0.3, -0.25) is 4.79 Å². The first-order valence-electron chi connectivity index (χ1n) is 5.93. The van der Waals surface area contributed by atoms with Gasteiger partial charge in [-0.2, -0.15) is 0 Å². The molecule has 16 heavy (non-hydrogen) atoms. The smallest absolute Gasteiger partial charge is 0.136 e. The Morgan fingerprint density at radius 3 is 2.94 bits per heavy atom. The van der Waals surface area contributed by atoms with Crippen molar-refractivity contribution in [2.24, 2.45) is 5.92 Å². The standard InChI is InChI=1S/C14H18O2/c1-10(2)13(15)9-11-7-8-16-14-6-4-3-5-12(11)14/h3-6,10-11H,7-9H2,1-2H3. The van der Waals surface area contributed by atoms with E-state index in [0.29, 0.717) is 18.1 Å². The molecule has 2 rings (SSSR count).